The van der Waals surface area contributed by atoms with Gasteiger partial charge in [0.25, 0.3) is 0 Å². The Labute approximate surface area is 83.3 Å². The van der Waals surface area contributed by atoms with Crippen molar-refractivity contribution >= 4 is 0 Å². The first-order valence-corrected chi connectivity index (χ1v) is 5.73. The van der Waals surface area contributed by atoms with Crippen molar-refractivity contribution in [3.8, 4) is 0 Å². The topological polar surface area (TPSA) is 12.0 Å². The summed E-state index contributed by atoms with van der Waals surface area (Å²) in [5.74, 6) is 1.92. The zero-order valence-electron chi connectivity index (χ0n) is 9.69. The van der Waals surface area contributed by atoms with Crippen molar-refractivity contribution in [1.29, 1.82) is 0 Å². The predicted molar refractivity (Wildman–Crippen MR) is 58.8 cm³/mol. The molecule has 0 aromatic heterocycles. The molecular formula is C12H25N. The van der Waals surface area contributed by atoms with E-state index in [1.54, 1.807) is 0 Å². The van der Waals surface area contributed by atoms with Gasteiger partial charge in [-0.2, -0.15) is 0 Å². The molecule has 0 bridgehead atoms. The first kappa shape index (κ1) is 11.0. The molecule has 0 aromatic carbocycles. The van der Waals surface area contributed by atoms with Crippen LogP contribution in [0, 0.1) is 17.3 Å². The highest BCUT2D eigenvalue weighted by atomic mass is 14.9. The van der Waals surface area contributed by atoms with Crippen molar-refractivity contribution in [2.45, 2.75) is 47.0 Å². The largest absolute Gasteiger partial charge is 0.316 e. The SMILES string of the molecule is CC1CC1(C)C.CC1CCCNC1. The minimum Gasteiger partial charge on any atom is -0.316 e. The summed E-state index contributed by atoms with van der Waals surface area (Å²) in [7, 11) is 0. The molecule has 78 valence electrons. The molecule has 0 aromatic rings. The normalized spacial score (nSPS) is 36.0. The summed E-state index contributed by atoms with van der Waals surface area (Å²) in [6.07, 6.45) is 4.24. The fraction of sp³-hybridized carbons (Fsp3) is 1.00. The van der Waals surface area contributed by atoms with Gasteiger partial charge in [-0.05, 0) is 49.6 Å². The van der Waals surface area contributed by atoms with Gasteiger partial charge in [-0.15, -0.1) is 0 Å². The van der Waals surface area contributed by atoms with Crippen molar-refractivity contribution < 1.29 is 0 Å². The van der Waals surface area contributed by atoms with E-state index in [9.17, 15) is 0 Å². The smallest absolute Gasteiger partial charge is 0.00231 e. The standard InChI is InChI=1S/C6H13N.C6H12/c1-6-3-2-4-7-5-6;1-5-4-6(5,2)3/h6-7H,2-5H2,1H3;5H,4H2,1-3H3. The van der Waals surface area contributed by atoms with Gasteiger partial charge < -0.3 is 5.32 Å². The maximum absolute atomic E-state index is 3.33. The molecule has 1 saturated heterocycles. The fourth-order valence-corrected chi connectivity index (χ4v) is 1.76. The van der Waals surface area contributed by atoms with Crippen molar-refractivity contribution in [2.24, 2.45) is 17.3 Å². The van der Waals surface area contributed by atoms with E-state index in [-0.39, 0.29) is 0 Å². The van der Waals surface area contributed by atoms with Gasteiger partial charge in [0.15, 0.2) is 0 Å². The van der Waals surface area contributed by atoms with Crippen molar-refractivity contribution in [2.75, 3.05) is 13.1 Å². The van der Waals surface area contributed by atoms with E-state index in [4.69, 9.17) is 0 Å². The van der Waals surface area contributed by atoms with E-state index >= 15 is 0 Å². The van der Waals surface area contributed by atoms with Crippen LogP contribution in [-0.4, -0.2) is 13.1 Å². The van der Waals surface area contributed by atoms with Gasteiger partial charge in [-0.1, -0.05) is 27.7 Å². The Morgan fingerprint density at radius 1 is 1.23 bits per heavy atom. The van der Waals surface area contributed by atoms with Crippen LogP contribution < -0.4 is 5.32 Å². The van der Waals surface area contributed by atoms with Crippen LogP contribution in [0.2, 0.25) is 0 Å². The number of hydrogen-bond donors (Lipinski definition) is 1. The highest BCUT2D eigenvalue weighted by Crippen LogP contribution is 2.50. The number of piperidine rings is 1. The van der Waals surface area contributed by atoms with Gasteiger partial charge in [0.05, 0.1) is 0 Å². The summed E-state index contributed by atoms with van der Waals surface area (Å²) < 4.78 is 0. The Kier molecular flexibility index (Phi) is 3.78. The second-order valence-electron chi connectivity index (χ2n) is 5.55. The van der Waals surface area contributed by atoms with Gasteiger partial charge in [0.1, 0.15) is 0 Å². The predicted octanol–water partition coefficient (Wildman–Crippen LogP) is 3.06. The van der Waals surface area contributed by atoms with Crippen LogP contribution in [0.25, 0.3) is 0 Å². The third-order valence-corrected chi connectivity index (χ3v) is 3.55. The van der Waals surface area contributed by atoms with Crippen LogP contribution in [0.5, 0.6) is 0 Å². The molecule has 1 nitrogen and oxygen atoms in total. The summed E-state index contributed by atoms with van der Waals surface area (Å²) in [5.41, 5.74) is 0.708. The highest BCUT2D eigenvalue weighted by molar-refractivity contribution is 4.91. The lowest BCUT2D eigenvalue weighted by Gasteiger charge is -2.17. The molecule has 1 aliphatic carbocycles. The maximum Gasteiger partial charge on any atom is -0.00231 e. The molecule has 2 rings (SSSR count). The van der Waals surface area contributed by atoms with Crippen molar-refractivity contribution in [3.63, 3.8) is 0 Å². The molecule has 13 heavy (non-hydrogen) atoms. The lowest BCUT2D eigenvalue weighted by Crippen LogP contribution is -2.27. The quantitative estimate of drug-likeness (QED) is 0.608. The first-order valence-electron chi connectivity index (χ1n) is 5.73. The number of rotatable bonds is 0. The molecule has 0 radical (unpaired) electrons. The molecule has 1 heteroatoms. The van der Waals surface area contributed by atoms with E-state index in [0.717, 1.165) is 11.8 Å². The Hall–Kier alpha value is -0.0400. The highest BCUT2D eigenvalue weighted by Gasteiger charge is 2.41. The van der Waals surface area contributed by atoms with Crippen LogP contribution in [-0.2, 0) is 0 Å². The molecule has 0 amide bonds. The summed E-state index contributed by atoms with van der Waals surface area (Å²) in [4.78, 5) is 0. The van der Waals surface area contributed by atoms with E-state index in [1.807, 2.05) is 0 Å². The maximum atomic E-state index is 3.33. The minimum atomic E-state index is 0.708. The Morgan fingerprint density at radius 3 is 1.92 bits per heavy atom. The average molecular weight is 183 g/mol. The van der Waals surface area contributed by atoms with Gasteiger partial charge >= 0.3 is 0 Å². The lowest BCUT2D eigenvalue weighted by molar-refractivity contribution is 0.405. The van der Waals surface area contributed by atoms with E-state index in [2.05, 4.69) is 33.0 Å². The molecule has 1 saturated carbocycles. The summed E-state index contributed by atoms with van der Waals surface area (Å²) in [5, 5.41) is 3.33. The zero-order chi connectivity index (χ0) is 9.90. The molecule has 0 spiro atoms. The number of hydrogen-bond acceptors (Lipinski definition) is 1. The minimum absolute atomic E-state index is 0.708. The van der Waals surface area contributed by atoms with E-state index in [1.165, 1.54) is 32.4 Å². The van der Waals surface area contributed by atoms with Crippen molar-refractivity contribution in [1.82, 2.24) is 5.32 Å². The molecule has 2 unspecified atom stereocenters. The Bertz CT molecular complexity index is 145. The van der Waals surface area contributed by atoms with Crippen LogP contribution in [0.4, 0.5) is 0 Å². The van der Waals surface area contributed by atoms with Crippen LogP contribution in [0.15, 0.2) is 0 Å². The summed E-state index contributed by atoms with van der Waals surface area (Å²) in [6, 6.07) is 0. The molecule has 1 N–H and O–H groups in total. The van der Waals surface area contributed by atoms with Crippen molar-refractivity contribution in [3.05, 3.63) is 0 Å². The van der Waals surface area contributed by atoms with Crippen LogP contribution in [0.3, 0.4) is 0 Å². The average Bonchev–Trinajstić information content (AvgIpc) is 2.59. The van der Waals surface area contributed by atoms with E-state index < -0.39 is 0 Å². The molecule has 2 aliphatic rings. The van der Waals surface area contributed by atoms with Crippen LogP contribution >= 0.6 is 0 Å². The fourth-order valence-electron chi connectivity index (χ4n) is 1.76. The third kappa shape index (κ3) is 4.12. The second-order valence-corrected chi connectivity index (χ2v) is 5.55. The Morgan fingerprint density at radius 2 is 1.77 bits per heavy atom. The second kappa shape index (κ2) is 4.45. The number of nitrogens with one attached hydrogen (secondary N) is 1. The van der Waals surface area contributed by atoms with Gasteiger partial charge in [-0.25, -0.2) is 0 Å². The van der Waals surface area contributed by atoms with Gasteiger partial charge in [-0.3, -0.25) is 0 Å². The van der Waals surface area contributed by atoms with Crippen LogP contribution in [0.1, 0.15) is 47.0 Å². The third-order valence-electron chi connectivity index (χ3n) is 3.55. The Balaban J connectivity index is 0.000000132. The van der Waals surface area contributed by atoms with Gasteiger partial charge in [0, 0.05) is 0 Å². The lowest BCUT2D eigenvalue weighted by atomic mass is 10.0. The summed E-state index contributed by atoms with van der Waals surface area (Å²) in [6.45, 7) is 11.7. The zero-order valence-corrected chi connectivity index (χ0v) is 9.69. The first-order chi connectivity index (χ1) is 6.02. The molecule has 1 heterocycles. The van der Waals surface area contributed by atoms with Gasteiger partial charge in [0.2, 0.25) is 0 Å². The molecular weight excluding hydrogens is 158 g/mol. The molecule has 2 fully saturated rings. The monoisotopic (exact) mass is 183 g/mol. The van der Waals surface area contributed by atoms with E-state index in [0.29, 0.717) is 5.41 Å². The molecule has 2 atom stereocenters. The summed E-state index contributed by atoms with van der Waals surface area (Å²) >= 11 is 0. The molecule has 1 aliphatic heterocycles.